The summed E-state index contributed by atoms with van der Waals surface area (Å²) < 4.78 is 0. The highest BCUT2D eigenvalue weighted by Crippen LogP contribution is 2.35. The molecular formula is C23H26O. The van der Waals surface area contributed by atoms with Crippen LogP contribution >= 0.6 is 0 Å². The molecule has 0 aliphatic rings. The first-order valence-corrected chi connectivity index (χ1v) is 8.54. The van der Waals surface area contributed by atoms with Gasteiger partial charge >= 0.3 is 0 Å². The molecule has 0 atom stereocenters. The highest BCUT2D eigenvalue weighted by atomic mass is 16.3. The van der Waals surface area contributed by atoms with E-state index in [0.29, 0.717) is 11.7 Å². The maximum atomic E-state index is 9.99. The fraction of sp³-hybridized carbons (Fsp3) is 0.217. The second-order valence-electron chi connectivity index (χ2n) is 6.10. The summed E-state index contributed by atoms with van der Waals surface area (Å²) in [6.45, 7) is 6.44. The molecule has 24 heavy (non-hydrogen) atoms. The normalized spacial score (nSPS) is 10.2. The van der Waals surface area contributed by atoms with E-state index in [9.17, 15) is 5.11 Å². The minimum Gasteiger partial charge on any atom is -0.507 e. The molecule has 0 amide bonds. The molecular weight excluding hydrogens is 292 g/mol. The number of phenols is 1. The van der Waals surface area contributed by atoms with Gasteiger partial charge in [0, 0.05) is 5.56 Å². The Balaban J connectivity index is 0.000000219. The average molecular weight is 318 g/mol. The fourth-order valence-electron chi connectivity index (χ4n) is 2.67. The Labute approximate surface area is 145 Å². The van der Waals surface area contributed by atoms with Crippen molar-refractivity contribution >= 4 is 0 Å². The third-order valence-electron chi connectivity index (χ3n) is 4.01. The van der Waals surface area contributed by atoms with Crippen LogP contribution in [0.5, 0.6) is 5.75 Å². The monoisotopic (exact) mass is 318 g/mol. The van der Waals surface area contributed by atoms with Crippen molar-refractivity contribution in [2.75, 3.05) is 0 Å². The number of hydrogen-bond donors (Lipinski definition) is 1. The zero-order chi connectivity index (χ0) is 17.4. The first-order chi connectivity index (χ1) is 11.6. The van der Waals surface area contributed by atoms with Crippen LogP contribution in [0.4, 0.5) is 0 Å². The lowest BCUT2D eigenvalue weighted by molar-refractivity contribution is 0.476. The topological polar surface area (TPSA) is 20.2 Å². The van der Waals surface area contributed by atoms with E-state index in [0.717, 1.165) is 17.5 Å². The van der Waals surface area contributed by atoms with E-state index in [4.69, 9.17) is 0 Å². The van der Waals surface area contributed by atoms with Crippen LogP contribution in [0.1, 0.15) is 37.8 Å². The van der Waals surface area contributed by atoms with E-state index < -0.39 is 0 Å². The van der Waals surface area contributed by atoms with Crippen LogP contribution in [0.15, 0.2) is 78.9 Å². The molecule has 0 aromatic heterocycles. The van der Waals surface area contributed by atoms with E-state index in [1.54, 1.807) is 6.07 Å². The number of aromatic hydroxyl groups is 1. The summed E-state index contributed by atoms with van der Waals surface area (Å²) >= 11 is 0. The molecule has 3 aromatic rings. The van der Waals surface area contributed by atoms with Gasteiger partial charge in [0.25, 0.3) is 0 Å². The molecule has 0 radical (unpaired) electrons. The Morgan fingerprint density at radius 3 is 1.83 bits per heavy atom. The van der Waals surface area contributed by atoms with Gasteiger partial charge in [-0.1, -0.05) is 93.6 Å². The van der Waals surface area contributed by atoms with Gasteiger partial charge in [-0.05, 0) is 35.1 Å². The lowest BCUT2D eigenvalue weighted by atomic mass is 9.92. The number of phenolic OH excluding ortho intramolecular Hbond substituents is 1. The zero-order valence-electron chi connectivity index (χ0n) is 14.7. The molecule has 0 spiro atoms. The molecule has 0 bridgehead atoms. The lowest BCUT2D eigenvalue weighted by Crippen LogP contribution is -1.92. The molecule has 0 unspecified atom stereocenters. The van der Waals surface area contributed by atoms with Crippen LogP contribution in [0.2, 0.25) is 0 Å². The molecule has 0 saturated carbocycles. The Morgan fingerprint density at radius 2 is 1.33 bits per heavy atom. The van der Waals surface area contributed by atoms with Gasteiger partial charge in [-0.2, -0.15) is 0 Å². The maximum absolute atomic E-state index is 9.99. The fourth-order valence-corrected chi connectivity index (χ4v) is 2.67. The zero-order valence-corrected chi connectivity index (χ0v) is 14.7. The summed E-state index contributed by atoms with van der Waals surface area (Å²) in [5.74, 6) is 0.764. The number of rotatable bonds is 3. The lowest BCUT2D eigenvalue weighted by Gasteiger charge is -2.14. The maximum Gasteiger partial charge on any atom is 0.123 e. The van der Waals surface area contributed by atoms with Crippen molar-refractivity contribution in [3.8, 4) is 16.9 Å². The summed E-state index contributed by atoms with van der Waals surface area (Å²) in [6.07, 6.45) is 1.14. The van der Waals surface area contributed by atoms with Gasteiger partial charge in [0.15, 0.2) is 0 Å². The standard InChI is InChI=1S/C15H16O.C8H10/c1-11(2)13-9-6-10-14(16)15(13)12-7-4-3-5-8-12;1-2-8-6-4-3-5-7-8/h3-11,16H,1-2H3;3-7H,2H2,1H3. The first-order valence-electron chi connectivity index (χ1n) is 8.54. The SMILES string of the molecule is CC(C)c1cccc(O)c1-c1ccccc1.CCc1ccccc1. The van der Waals surface area contributed by atoms with Gasteiger partial charge in [0.2, 0.25) is 0 Å². The smallest absolute Gasteiger partial charge is 0.123 e. The van der Waals surface area contributed by atoms with Gasteiger partial charge < -0.3 is 5.11 Å². The van der Waals surface area contributed by atoms with Crippen molar-refractivity contribution in [2.24, 2.45) is 0 Å². The van der Waals surface area contributed by atoms with Crippen molar-refractivity contribution in [1.82, 2.24) is 0 Å². The van der Waals surface area contributed by atoms with Crippen LogP contribution in [-0.4, -0.2) is 5.11 Å². The summed E-state index contributed by atoms with van der Waals surface area (Å²) in [5.41, 5.74) is 4.63. The van der Waals surface area contributed by atoms with Crippen molar-refractivity contribution in [2.45, 2.75) is 33.1 Å². The van der Waals surface area contributed by atoms with Crippen molar-refractivity contribution < 1.29 is 5.11 Å². The van der Waals surface area contributed by atoms with Gasteiger partial charge in [0.1, 0.15) is 5.75 Å². The molecule has 3 aromatic carbocycles. The number of aryl methyl sites for hydroxylation is 1. The number of hydrogen-bond acceptors (Lipinski definition) is 1. The summed E-state index contributed by atoms with van der Waals surface area (Å²) in [4.78, 5) is 0. The van der Waals surface area contributed by atoms with Gasteiger partial charge in [-0.15, -0.1) is 0 Å². The van der Waals surface area contributed by atoms with E-state index in [1.807, 2.05) is 42.5 Å². The van der Waals surface area contributed by atoms with Crippen LogP contribution in [-0.2, 0) is 6.42 Å². The molecule has 0 heterocycles. The molecule has 0 fully saturated rings. The Kier molecular flexibility index (Phi) is 6.62. The second-order valence-corrected chi connectivity index (χ2v) is 6.10. The Morgan fingerprint density at radius 1 is 0.750 bits per heavy atom. The molecule has 0 saturated heterocycles. The van der Waals surface area contributed by atoms with E-state index in [-0.39, 0.29) is 0 Å². The predicted molar refractivity (Wildman–Crippen MR) is 103 cm³/mol. The third-order valence-corrected chi connectivity index (χ3v) is 4.01. The highest BCUT2D eigenvalue weighted by Gasteiger charge is 2.11. The molecule has 1 N–H and O–H groups in total. The predicted octanol–water partition coefficient (Wildman–Crippen LogP) is 6.43. The van der Waals surface area contributed by atoms with Crippen molar-refractivity contribution in [3.63, 3.8) is 0 Å². The molecule has 1 nitrogen and oxygen atoms in total. The van der Waals surface area contributed by atoms with Crippen LogP contribution in [0.3, 0.4) is 0 Å². The first kappa shape index (κ1) is 17.8. The van der Waals surface area contributed by atoms with Crippen LogP contribution in [0.25, 0.3) is 11.1 Å². The molecule has 3 rings (SSSR count). The van der Waals surface area contributed by atoms with E-state index >= 15 is 0 Å². The molecule has 1 heteroatoms. The van der Waals surface area contributed by atoms with Gasteiger partial charge in [0.05, 0.1) is 0 Å². The Bertz CT molecular complexity index is 730. The largest absolute Gasteiger partial charge is 0.507 e. The van der Waals surface area contributed by atoms with E-state index in [2.05, 4.69) is 51.1 Å². The van der Waals surface area contributed by atoms with Crippen molar-refractivity contribution in [1.29, 1.82) is 0 Å². The molecule has 0 aliphatic heterocycles. The van der Waals surface area contributed by atoms with E-state index in [1.165, 1.54) is 11.1 Å². The molecule has 0 aliphatic carbocycles. The minimum absolute atomic E-state index is 0.359. The Hall–Kier alpha value is -2.54. The van der Waals surface area contributed by atoms with Crippen molar-refractivity contribution in [3.05, 3.63) is 90.0 Å². The number of benzene rings is 3. The highest BCUT2D eigenvalue weighted by molar-refractivity contribution is 5.74. The van der Waals surface area contributed by atoms with Crippen LogP contribution in [0, 0.1) is 0 Å². The van der Waals surface area contributed by atoms with Gasteiger partial charge in [-0.3, -0.25) is 0 Å². The van der Waals surface area contributed by atoms with Gasteiger partial charge in [-0.25, -0.2) is 0 Å². The quantitative estimate of drug-likeness (QED) is 0.590. The minimum atomic E-state index is 0.359. The second kappa shape index (κ2) is 8.93. The summed E-state index contributed by atoms with van der Waals surface area (Å²) in [6, 6.07) is 26.2. The molecule has 124 valence electrons. The summed E-state index contributed by atoms with van der Waals surface area (Å²) in [5, 5.41) is 9.99. The average Bonchev–Trinajstić information content (AvgIpc) is 2.63. The summed E-state index contributed by atoms with van der Waals surface area (Å²) in [7, 11) is 0. The third kappa shape index (κ3) is 4.73. The van der Waals surface area contributed by atoms with Crippen LogP contribution < -0.4 is 0 Å².